The predicted octanol–water partition coefficient (Wildman–Crippen LogP) is 5.68. The van der Waals surface area contributed by atoms with Crippen molar-refractivity contribution in [3.05, 3.63) is 87.8 Å². The van der Waals surface area contributed by atoms with Gasteiger partial charge in [-0.2, -0.15) is 0 Å². The fourth-order valence-corrected chi connectivity index (χ4v) is 4.45. The van der Waals surface area contributed by atoms with E-state index in [1.54, 1.807) is 30.6 Å². The van der Waals surface area contributed by atoms with Crippen molar-refractivity contribution in [1.29, 1.82) is 0 Å². The zero-order valence-corrected chi connectivity index (χ0v) is 21.1. The largest absolute Gasteiger partial charge is 0.480 e. The monoisotopic (exact) mass is 514 g/mol. The van der Waals surface area contributed by atoms with Crippen LogP contribution in [0.25, 0.3) is 0 Å². The van der Waals surface area contributed by atoms with E-state index in [1.807, 2.05) is 12.2 Å². The van der Waals surface area contributed by atoms with Gasteiger partial charge in [0.05, 0.1) is 15.6 Å². The van der Waals surface area contributed by atoms with Crippen molar-refractivity contribution in [3.8, 4) is 0 Å². The van der Waals surface area contributed by atoms with Gasteiger partial charge in [0.1, 0.15) is 6.04 Å². The molecule has 0 radical (unpaired) electrons. The molecule has 184 valence electrons. The molecule has 1 amide bonds. The molecule has 0 spiro atoms. The highest BCUT2D eigenvalue weighted by Gasteiger charge is 2.24. The van der Waals surface area contributed by atoms with Gasteiger partial charge >= 0.3 is 5.97 Å². The number of nitrogens with one attached hydrogen (secondary N) is 1. The molecule has 1 aliphatic rings. The number of allylic oxidation sites excluding steroid dienone is 5. The van der Waals surface area contributed by atoms with Gasteiger partial charge < -0.3 is 15.3 Å². The van der Waals surface area contributed by atoms with Gasteiger partial charge in [-0.3, -0.25) is 4.79 Å². The van der Waals surface area contributed by atoms with Crippen LogP contribution in [-0.4, -0.2) is 39.5 Å². The normalized spacial score (nSPS) is 16.4. The van der Waals surface area contributed by atoms with Crippen LogP contribution in [0.1, 0.15) is 43.5 Å². The lowest BCUT2D eigenvalue weighted by atomic mass is 9.91. The average molecular weight is 515 g/mol. The van der Waals surface area contributed by atoms with Gasteiger partial charge in [-0.1, -0.05) is 61.3 Å². The summed E-state index contributed by atoms with van der Waals surface area (Å²) in [4.78, 5) is 35.2. The molecule has 35 heavy (non-hydrogen) atoms. The number of rotatable bonds is 10. The summed E-state index contributed by atoms with van der Waals surface area (Å²) in [6.45, 7) is 5.08. The van der Waals surface area contributed by atoms with Crippen molar-refractivity contribution in [2.75, 3.05) is 11.4 Å². The van der Waals surface area contributed by atoms with Gasteiger partial charge in [-0.25, -0.2) is 14.8 Å². The van der Waals surface area contributed by atoms with Crippen LogP contribution in [0.3, 0.4) is 0 Å². The van der Waals surface area contributed by atoms with Crippen LogP contribution in [0.4, 0.5) is 5.95 Å². The third-order valence-corrected chi connectivity index (χ3v) is 6.19. The van der Waals surface area contributed by atoms with Crippen molar-refractivity contribution in [3.63, 3.8) is 0 Å². The molecule has 2 N–H and O–H groups in total. The molecule has 9 heteroatoms. The number of carboxylic acids is 1. The fourth-order valence-electron chi connectivity index (χ4n) is 3.88. The van der Waals surface area contributed by atoms with E-state index in [0.29, 0.717) is 5.95 Å². The van der Waals surface area contributed by atoms with Crippen molar-refractivity contribution in [2.45, 2.75) is 39.2 Å². The van der Waals surface area contributed by atoms with Crippen LogP contribution in [0, 0.1) is 5.92 Å². The first-order valence-electron chi connectivity index (χ1n) is 11.4. The quantitative estimate of drug-likeness (QED) is 0.423. The number of carbonyl (C=O) groups is 2. The van der Waals surface area contributed by atoms with E-state index in [1.165, 1.54) is 12.1 Å². The van der Waals surface area contributed by atoms with E-state index in [0.717, 1.165) is 30.7 Å². The van der Waals surface area contributed by atoms with Crippen LogP contribution in [0.5, 0.6) is 0 Å². The maximum absolute atomic E-state index is 12.6. The van der Waals surface area contributed by atoms with Crippen LogP contribution in [0.2, 0.25) is 10.0 Å². The molecule has 1 heterocycles. The molecule has 2 aromatic rings. The zero-order valence-electron chi connectivity index (χ0n) is 19.6. The van der Waals surface area contributed by atoms with Crippen molar-refractivity contribution in [1.82, 2.24) is 15.3 Å². The number of benzene rings is 1. The third kappa shape index (κ3) is 6.93. The summed E-state index contributed by atoms with van der Waals surface area (Å²) in [6, 6.07) is 5.36. The maximum Gasteiger partial charge on any atom is 0.326 e. The van der Waals surface area contributed by atoms with E-state index in [-0.39, 0.29) is 27.9 Å². The summed E-state index contributed by atoms with van der Waals surface area (Å²) in [5.41, 5.74) is 2.27. The highest BCUT2D eigenvalue weighted by molar-refractivity contribution is 6.39. The second kappa shape index (κ2) is 12.5. The smallest absolute Gasteiger partial charge is 0.326 e. The Morgan fingerprint density at radius 2 is 1.89 bits per heavy atom. The van der Waals surface area contributed by atoms with Crippen molar-refractivity contribution >= 4 is 41.0 Å². The molecule has 2 atom stereocenters. The standard InChI is InChI=1S/C26H28Cl2N4O3/c1-3-15-32(26-29-13-6-14-30-26)22-12-11-18(16-17(22)2)7-4-10-21(25(34)35)31-24(33)23-19(27)8-5-9-20(23)28/h4-9,11-14,17,21H,3,10,15-16H2,1-2H3,(H,31,33)(H,34,35)/b7-4+. The number of hydrogen-bond acceptors (Lipinski definition) is 5. The Labute approximate surface area is 215 Å². The molecular weight excluding hydrogens is 487 g/mol. The Bertz CT molecular complexity index is 1130. The SMILES string of the molecule is CCCN(C1=CC=C(/C=C/CC(NC(=O)c2c(Cl)cccc2Cl)C(=O)O)CC1C)c1ncccn1. The van der Waals surface area contributed by atoms with E-state index in [4.69, 9.17) is 23.2 Å². The van der Waals surface area contributed by atoms with Crippen LogP contribution < -0.4 is 10.2 Å². The summed E-state index contributed by atoms with van der Waals surface area (Å²) >= 11 is 12.1. The number of nitrogens with zero attached hydrogens (tertiary/aromatic N) is 3. The number of aliphatic carboxylic acids is 1. The fraction of sp³-hybridized carbons (Fsp3) is 0.308. The van der Waals surface area contributed by atoms with E-state index >= 15 is 0 Å². The van der Waals surface area contributed by atoms with Crippen LogP contribution in [-0.2, 0) is 4.79 Å². The predicted molar refractivity (Wildman–Crippen MR) is 139 cm³/mol. The molecule has 1 aliphatic carbocycles. The Hall–Kier alpha value is -3.16. The first kappa shape index (κ1) is 26.4. The highest BCUT2D eigenvalue weighted by atomic mass is 35.5. The van der Waals surface area contributed by atoms with Gasteiger partial charge in [-0.05, 0) is 49.1 Å². The summed E-state index contributed by atoms with van der Waals surface area (Å²) in [5, 5.41) is 12.4. The molecule has 0 aliphatic heterocycles. The molecule has 0 saturated carbocycles. The zero-order chi connectivity index (χ0) is 25.4. The minimum Gasteiger partial charge on any atom is -0.480 e. The summed E-state index contributed by atoms with van der Waals surface area (Å²) < 4.78 is 0. The highest BCUT2D eigenvalue weighted by Crippen LogP contribution is 2.30. The Kier molecular flexibility index (Phi) is 9.46. The number of carbonyl (C=O) groups excluding carboxylic acids is 1. The minimum atomic E-state index is -1.14. The minimum absolute atomic E-state index is 0.0616. The lowest BCUT2D eigenvalue weighted by Crippen LogP contribution is -2.40. The molecule has 0 bridgehead atoms. The molecule has 1 aromatic carbocycles. The second-order valence-electron chi connectivity index (χ2n) is 8.24. The van der Waals surface area contributed by atoms with E-state index in [2.05, 4.69) is 40.1 Å². The lowest BCUT2D eigenvalue weighted by molar-refractivity contribution is -0.139. The molecule has 2 unspecified atom stereocenters. The summed E-state index contributed by atoms with van der Waals surface area (Å²) in [6.07, 6.45) is 13.1. The van der Waals surface area contributed by atoms with Gasteiger partial charge in [0.25, 0.3) is 5.91 Å². The lowest BCUT2D eigenvalue weighted by Gasteiger charge is -2.31. The first-order valence-corrected chi connectivity index (χ1v) is 12.2. The third-order valence-electron chi connectivity index (χ3n) is 5.56. The van der Waals surface area contributed by atoms with E-state index < -0.39 is 17.9 Å². The number of aromatic nitrogens is 2. The summed E-state index contributed by atoms with van der Waals surface area (Å²) in [5.74, 6) is -0.859. The second-order valence-corrected chi connectivity index (χ2v) is 9.05. The van der Waals surface area contributed by atoms with E-state index in [9.17, 15) is 14.7 Å². The number of hydrogen-bond donors (Lipinski definition) is 2. The number of halogens is 2. The van der Waals surface area contributed by atoms with Crippen LogP contribution >= 0.6 is 23.2 Å². The Morgan fingerprint density at radius 3 is 2.49 bits per heavy atom. The molecule has 3 rings (SSSR count). The molecule has 0 saturated heterocycles. The Balaban J connectivity index is 1.69. The first-order chi connectivity index (χ1) is 16.8. The molecule has 7 nitrogen and oxygen atoms in total. The Morgan fingerprint density at radius 1 is 1.20 bits per heavy atom. The number of carboxylic acid groups (broad SMARTS) is 1. The van der Waals surface area contributed by atoms with Gasteiger partial charge in [0, 0.05) is 30.6 Å². The summed E-state index contributed by atoms with van der Waals surface area (Å²) in [7, 11) is 0. The molecule has 0 fully saturated rings. The maximum atomic E-state index is 12.6. The molecular formula is C26H28Cl2N4O3. The number of amides is 1. The number of anilines is 1. The van der Waals surface area contributed by atoms with Crippen molar-refractivity contribution < 1.29 is 14.7 Å². The average Bonchev–Trinajstić information content (AvgIpc) is 2.83. The van der Waals surface area contributed by atoms with Crippen molar-refractivity contribution in [2.24, 2.45) is 5.92 Å². The van der Waals surface area contributed by atoms with Gasteiger partial charge in [0.2, 0.25) is 5.95 Å². The van der Waals surface area contributed by atoms with Crippen LogP contribution in [0.15, 0.2) is 72.2 Å². The molecule has 1 aromatic heterocycles. The topological polar surface area (TPSA) is 95.4 Å². The van der Waals surface area contributed by atoms with Gasteiger partial charge in [-0.15, -0.1) is 0 Å². The van der Waals surface area contributed by atoms with Gasteiger partial charge in [0.15, 0.2) is 0 Å².